The Balaban J connectivity index is 1.28. The third-order valence-electron chi connectivity index (χ3n) is 7.57. The molecule has 3 heterocycles. The van der Waals surface area contributed by atoms with Crippen molar-refractivity contribution in [2.75, 3.05) is 19.7 Å². The summed E-state index contributed by atoms with van der Waals surface area (Å²) >= 11 is 1.62. The topological polar surface area (TPSA) is 71.0 Å². The highest BCUT2D eigenvalue weighted by atomic mass is 32.2. The van der Waals surface area contributed by atoms with E-state index < -0.39 is 4.75 Å². The lowest BCUT2D eigenvalue weighted by Crippen LogP contribution is -2.45. The number of hydrogen-bond acceptors (Lipinski definition) is 5. The van der Waals surface area contributed by atoms with Gasteiger partial charge in [0.25, 0.3) is 5.91 Å². The average Bonchev–Trinajstić information content (AvgIpc) is 3.44. The van der Waals surface area contributed by atoms with Crippen molar-refractivity contribution in [3.63, 3.8) is 0 Å². The van der Waals surface area contributed by atoms with Crippen molar-refractivity contribution in [1.29, 1.82) is 0 Å². The first-order valence-electron chi connectivity index (χ1n) is 11.8. The molecular formula is C23H37N3O3S. The lowest BCUT2D eigenvalue weighted by Gasteiger charge is -2.35. The second-order valence-corrected chi connectivity index (χ2v) is 11.6. The monoisotopic (exact) mass is 435 g/mol. The molecule has 7 heteroatoms. The van der Waals surface area contributed by atoms with E-state index in [9.17, 15) is 9.59 Å². The Hall–Kier alpha value is -1.08. The van der Waals surface area contributed by atoms with E-state index in [0.717, 1.165) is 56.3 Å². The van der Waals surface area contributed by atoms with Crippen molar-refractivity contribution in [1.82, 2.24) is 10.2 Å². The zero-order valence-electron chi connectivity index (χ0n) is 18.7. The Morgan fingerprint density at radius 2 is 2.07 bits per heavy atom. The standard InChI is InChI=1S/C23H37N3O3S/c1-15-6-7-18(13-15)16(2)24-22-25-21(28)23(3,30-22)14-17-8-10-26(11-9-17)20(27)19-5-4-12-29-19/h15-19H,4-14H2,1-3H3,(H,24,25,28)/t15-,16+,18?,19?,23?/m1/s1. The van der Waals surface area contributed by atoms with Crippen molar-refractivity contribution in [2.45, 2.75) is 89.0 Å². The van der Waals surface area contributed by atoms with Gasteiger partial charge < -0.3 is 15.0 Å². The van der Waals surface area contributed by atoms with Crippen LogP contribution in [0.25, 0.3) is 0 Å². The molecule has 3 aliphatic heterocycles. The minimum absolute atomic E-state index is 0.0936. The van der Waals surface area contributed by atoms with E-state index in [-0.39, 0.29) is 24.0 Å². The fraction of sp³-hybridized carbons (Fsp3) is 0.870. The van der Waals surface area contributed by atoms with Crippen LogP contribution in [-0.2, 0) is 14.3 Å². The number of carbonyl (C=O) groups excluding carboxylic acids is 2. The predicted octanol–water partition coefficient (Wildman–Crippen LogP) is 3.60. The van der Waals surface area contributed by atoms with Gasteiger partial charge in [-0.1, -0.05) is 25.1 Å². The first-order valence-corrected chi connectivity index (χ1v) is 12.6. The van der Waals surface area contributed by atoms with Crippen LogP contribution in [0.3, 0.4) is 0 Å². The number of hydrogen-bond donors (Lipinski definition) is 1. The Labute approximate surface area is 185 Å². The van der Waals surface area contributed by atoms with Gasteiger partial charge in [0.2, 0.25) is 5.91 Å². The molecule has 5 atom stereocenters. The number of nitrogens with one attached hydrogen (secondary N) is 1. The highest BCUT2D eigenvalue weighted by Crippen LogP contribution is 2.41. The van der Waals surface area contributed by atoms with Crippen molar-refractivity contribution in [3.05, 3.63) is 0 Å². The predicted molar refractivity (Wildman–Crippen MR) is 120 cm³/mol. The first kappa shape index (κ1) is 22.1. The van der Waals surface area contributed by atoms with E-state index in [1.54, 1.807) is 11.8 Å². The maximum Gasteiger partial charge on any atom is 0.251 e. The molecule has 6 nitrogen and oxygen atoms in total. The van der Waals surface area contributed by atoms with Gasteiger partial charge in [0.15, 0.2) is 5.17 Å². The summed E-state index contributed by atoms with van der Waals surface area (Å²) in [6.07, 6.45) is 8.18. The van der Waals surface area contributed by atoms with Crippen LogP contribution in [0.4, 0.5) is 0 Å². The summed E-state index contributed by atoms with van der Waals surface area (Å²) in [5.74, 6) is 2.16. The summed E-state index contributed by atoms with van der Waals surface area (Å²) in [6, 6.07) is 0.271. The van der Waals surface area contributed by atoms with Crippen LogP contribution < -0.4 is 5.32 Å². The minimum atomic E-state index is -0.451. The zero-order valence-corrected chi connectivity index (χ0v) is 19.5. The normalized spacial score (nSPS) is 37.7. The molecule has 30 heavy (non-hydrogen) atoms. The molecule has 1 aliphatic carbocycles. The number of piperidine rings is 1. The quantitative estimate of drug-likeness (QED) is 0.716. The van der Waals surface area contributed by atoms with Gasteiger partial charge in [0, 0.05) is 19.7 Å². The lowest BCUT2D eigenvalue weighted by atomic mass is 9.87. The van der Waals surface area contributed by atoms with Crippen LogP contribution in [0.5, 0.6) is 0 Å². The third-order valence-corrected chi connectivity index (χ3v) is 8.77. The second kappa shape index (κ2) is 9.19. The number of nitrogens with zero attached hydrogens (tertiary/aromatic N) is 2. The highest BCUT2D eigenvalue weighted by Gasteiger charge is 2.45. The van der Waals surface area contributed by atoms with Gasteiger partial charge in [0.05, 0.1) is 10.8 Å². The number of aliphatic imine (C=N–C) groups is 1. The summed E-state index contributed by atoms with van der Waals surface area (Å²) in [7, 11) is 0. The molecule has 0 aromatic carbocycles. The smallest absolute Gasteiger partial charge is 0.251 e. The second-order valence-electron chi connectivity index (χ2n) is 10.1. The largest absolute Gasteiger partial charge is 0.368 e. The van der Waals surface area contributed by atoms with Gasteiger partial charge in [-0.15, -0.1) is 0 Å². The minimum Gasteiger partial charge on any atom is -0.368 e. The van der Waals surface area contributed by atoms with Crippen LogP contribution in [0.15, 0.2) is 4.99 Å². The summed E-state index contributed by atoms with van der Waals surface area (Å²) in [6.45, 7) is 8.84. The Bertz CT molecular complexity index is 685. The van der Waals surface area contributed by atoms with Gasteiger partial charge in [-0.25, -0.2) is 0 Å². The molecule has 4 rings (SSSR count). The molecule has 0 aromatic rings. The van der Waals surface area contributed by atoms with Crippen LogP contribution in [0, 0.1) is 17.8 Å². The number of amides is 2. The first-order chi connectivity index (χ1) is 14.3. The molecule has 0 spiro atoms. The molecule has 1 saturated carbocycles. The number of rotatable bonds is 5. The van der Waals surface area contributed by atoms with Gasteiger partial charge >= 0.3 is 0 Å². The van der Waals surface area contributed by atoms with Crippen LogP contribution >= 0.6 is 11.8 Å². The SMILES string of the molecule is C[C@@H]1CCC([C@H](C)N=C2NC(=O)C(C)(CC3CCN(C(=O)C4CCCO4)CC3)S2)C1. The Morgan fingerprint density at radius 1 is 1.30 bits per heavy atom. The summed E-state index contributed by atoms with van der Waals surface area (Å²) in [5, 5.41) is 3.86. The van der Waals surface area contributed by atoms with Crippen LogP contribution in [0.2, 0.25) is 0 Å². The zero-order chi connectivity index (χ0) is 21.3. The number of likely N-dealkylation sites (tertiary alicyclic amines) is 1. The lowest BCUT2D eigenvalue weighted by molar-refractivity contribution is -0.142. The fourth-order valence-corrected chi connectivity index (χ4v) is 6.82. The van der Waals surface area contributed by atoms with Gasteiger partial charge in [-0.3, -0.25) is 14.6 Å². The summed E-state index contributed by atoms with van der Waals surface area (Å²) in [4.78, 5) is 32.2. The van der Waals surface area contributed by atoms with Gasteiger partial charge in [-0.05, 0) is 76.5 Å². The van der Waals surface area contributed by atoms with E-state index in [4.69, 9.17) is 9.73 Å². The molecule has 4 fully saturated rings. The molecule has 1 N–H and O–H groups in total. The highest BCUT2D eigenvalue weighted by molar-refractivity contribution is 8.16. The maximum atomic E-state index is 12.8. The Kier molecular flexibility index (Phi) is 6.78. The van der Waals surface area contributed by atoms with E-state index in [1.807, 2.05) is 4.90 Å². The maximum absolute atomic E-state index is 12.8. The number of ether oxygens (including phenoxy) is 1. The molecule has 0 bridgehead atoms. The van der Waals surface area contributed by atoms with E-state index in [2.05, 4.69) is 26.1 Å². The molecule has 0 radical (unpaired) electrons. The fourth-order valence-electron chi connectivity index (χ4n) is 5.57. The number of carbonyl (C=O) groups is 2. The van der Waals surface area contributed by atoms with Gasteiger partial charge in [0.1, 0.15) is 6.10 Å². The van der Waals surface area contributed by atoms with Crippen LogP contribution in [0.1, 0.15) is 72.1 Å². The van der Waals surface area contributed by atoms with E-state index in [0.29, 0.717) is 18.4 Å². The number of thioether (sulfide) groups is 1. The molecule has 168 valence electrons. The van der Waals surface area contributed by atoms with Crippen molar-refractivity contribution in [2.24, 2.45) is 22.7 Å². The van der Waals surface area contributed by atoms with E-state index >= 15 is 0 Å². The van der Waals surface area contributed by atoms with Crippen molar-refractivity contribution >= 4 is 28.7 Å². The molecule has 4 aliphatic rings. The van der Waals surface area contributed by atoms with Gasteiger partial charge in [-0.2, -0.15) is 0 Å². The average molecular weight is 436 g/mol. The van der Waals surface area contributed by atoms with Crippen molar-refractivity contribution < 1.29 is 14.3 Å². The Morgan fingerprint density at radius 3 is 2.70 bits per heavy atom. The molecule has 3 unspecified atom stereocenters. The molecular weight excluding hydrogens is 398 g/mol. The summed E-state index contributed by atoms with van der Waals surface area (Å²) < 4.78 is 5.11. The van der Waals surface area contributed by atoms with Crippen LogP contribution in [-0.4, -0.2) is 58.5 Å². The summed E-state index contributed by atoms with van der Waals surface area (Å²) in [5.41, 5.74) is 0. The van der Waals surface area contributed by atoms with Crippen molar-refractivity contribution in [3.8, 4) is 0 Å². The number of amidine groups is 1. The molecule has 2 amide bonds. The third kappa shape index (κ3) is 4.87. The molecule has 3 saturated heterocycles. The van der Waals surface area contributed by atoms with E-state index in [1.165, 1.54) is 19.3 Å². The molecule has 0 aromatic heterocycles.